The zero-order valence-corrected chi connectivity index (χ0v) is 23.4. The van der Waals surface area contributed by atoms with Gasteiger partial charge in [-0.2, -0.15) is 0 Å². The quantitative estimate of drug-likeness (QED) is 0.238. The molecule has 9 heteroatoms. The summed E-state index contributed by atoms with van der Waals surface area (Å²) in [7, 11) is 0. The van der Waals surface area contributed by atoms with Crippen LogP contribution in [0.25, 0.3) is 44.7 Å². The van der Waals surface area contributed by atoms with E-state index in [-0.39, 0.29) is 6.54 Å². The molecule has 5 aromatic rings. The molecule has 0 radical (unpaired) electrons. The molecular formula is C32H31N5O4. The van der Waals surface area contributed by atoms with Gasteiger partial charge in [0.25, 0.3) is 0 Å². The number of nitrogens with one attached hydrogen (secondary N) is 1. The number of H-pyrrole nitrogens is 1. The van der Waals surface area contributed by atoms with Gasteiger partial charge < -0.3 is 14.8 Å². The second-order valence-electron chi connectivity index (χ2n) is 10.9. The molecule has 9 nitrogen and oxygen atoms in total. The average molecular weight is 550 g/mol. The summed E-state index contributed by atoms with van der Waals surface area (Å²) in [5.41, 5.74) is 6.89. The minimum Gasteiger partial charge on any atom is -0.480 e. The number of pyridine rings is 3. The van der Waals surface area contributed by atoms with Gasteiger partial charge in [0.15, 0.2) is 0 Å². The maximum Gasteiger partial charge on any atom is 0.411 e. The first-order chi connectivity index (χ1) is 19.6. The van der Waals surface area contributed by atoms with Crippen LogP contribution in [0.1, 0.15) is 32.0 Å². The maximum atomic E-state index is 12.7. The van der Waals surface area contributed by atoms with E-state index in [1.54, 1.807) is 27.0 Å². The number of carbonyl (C=O) groups is 2. The Morgan fingerprint density at radius 3 is 2.46 bits per heavy atom. The second-order valence-corrected chi connectivity index (χ2v) is 10.9. The Balaban J connectivity index is 1.48. The summed E-state index contributed by atoms with van der Waals surface area (Å²) in [5.74, 6) is -1.11. The lowest BCUT2D eigenvalue weighted by molar-refractivity contribution is -0.138. The van der Waals surface area contributed by atoms with Crippen LogP contribution in [-0.4, -0.2) is 54.2 Å². The van der Waals surface area contributed by atoms with Crippen molar-refractivity contribution in [1.82, 2.24) is 24.8 Å². The summed E-state index contributed by atoms with van der Waals surface area (Å²) in [6.45, 7) is 6.80. The lowest BCUT2D eigenvalue weighted by Gasteiger charge is -2.26. The van der Waals surface area contributed by atoms with Gasteiger partial charge in [-0.1, -0.05) is 24.3 Å². The number of rotatable bonds is 7. The number of fused-ring (bicyclic) bond motifs is 1. The largest absolute Gasteiger partial charge is 0.480 e. The Morgan fingerprint density at radius 1 is 0.927 bits per heavy atom. The average Bonchev–Trinajstić information content (AvgIpc) is 3.40. The third-order valence-electron chi connectivity index (χ3n) is 6.34. The lowest BCUT2D eigenvalue weighted by atomic mass is 9.98. The van der Waals surface area contributed by atoms with Gasteiger partial charge in [-0.05, 0) is 80.8 Å². The highest BCUT2D eigenvalue weighted by molar-refractivity contribution is 5.95. The minimum absolute atomic E-state index is 0.0867. The van der Waals surface area contributed by atoms with E-state index in [0.717, 1.165) is 55.9 Å². The molecule has 5 rings (SSSR count). The molecule has 41 heavy (non-hydrogen) atoms. The molecule has 0 aliphatic rings. The predicted molar refractivity (Wildman–Crippen MR) is 157 cm³/mol. The number of carboxylic acid groups (broad SMARTS) is 1. The standard InChI is InChI=1S/C32H31N5O4/c1-20-7-5-10-27(35-20)28-15-26(25-11-12-34-30(25)36-28)24-14-23(16-33-17-24)22-9-6-8-21(13-22)18-37(19-29(38)39)31(40)41-32(2,3)4/h5-17H,18-19H2,1-4H3,(H,34,36)(H,38,39). The van der Waals surface area contributed by atoms with Crippen LogP contribution >= 0.6 is 0 Å². The highest BCUT2D eigenvalue weighted by Crippen LogP contribution is 2.33. The normalized spacial score (nSPS) is 11.4. The van der Waals surface area contributed by atoms with Crippen molar-refractivity contribution in [3.8, 4) is 33.6 Å². The lowest BCUT2D eigenvalue weighted by Crippen LogP contribution is -2.39. The number of aryl methyl sites for hydroxylation is 1. The number of aromatic amines is 1. The molecule has 4 heterocycles. The fourth-order valence-electron chi connectivity index (χ4n) is 4.58. The molecule has 0 aliphatic heterocycles. The van der Waals surface area contributed by atoms with Crippen LogP contribution in [0.2, 0.25) is 0 Å². The number of carboxylic acids is 1. The summed E-state index contributed by atoms with van der Waals surface area (Å²) < 4.78 is 5.43. The molecule has 1 aromatic carbocycles. The number of aliphatic carboxylic acids is 1. The Morgan fingerprint density at radius 2 is 1.71 bits per heavy atom. The van der Waals surface area contributed by atoms with Gasteiger partial charge in [-0.3, -0.25) is 19.7 Å². The van der Waals surface area contributed by atoms with E-state index in [1.807, 2.05) is 73.9 Å². The number of nitrogens with zero attached hydrogens (tertiary/aromatic N) is 4. The third kappa shape index (κ3) is 6.58. The summed E-state index contributed by atoms with van der Waals surface area (Å²) in [4.78, 5) is 42.5. The van der Waals surface area contributed by atoms with Crippen molar-refractivity contribution in [1.29, 1.82) is 0 Å². The minimum atomic E-state index is -1.11. The molecule has 0 aliphatic carbocycles. The monoisotopic (exact) mass is 549 g/mol. The van der Waals surface area contributed by atoms with E-state index in [9.17, 15) is 14.7 Å². The number of ether oxygens (including phenoxy) is 1. The van der Waals surface area contributed by atoms with Crippen LogP contribution in [0.15, 0.2) is 79.3 Å². The van der Waals surface area contributed by atoms with Crippen LogP contribution in [0.5, 0.6) is 0 Å². The number of hydrogen-bond acceptors (Lipinski definition) is 6. The van der Waals surface area contributed by atoms with Gasteiger partial charge in [0.2, 0.25) is 0 Å². The smallest absolute Gasteiger partial charge is 0.411 e. The summed E-state index contributed by atoms with van der Waals surface area (Å²) in [5, 5.41) is 10.3. The first-order valence-electron chi connectivity index (χ1n) is 13.2. The maximum absolute atomic E-state index is 12.7. The highest BCUT2D eigenvalue weighted by Gasteiger charge is 2.24. The first kappa shape index (κ1) is 27.5. The topological polar surface area (TPSA) is 121 Å². The third-order valence-corrected chi connectivity index (χ3v) is 6.34. The van der Waals surface area contributed by atoms with E-state index in [2.05, 4.69) is 21.0 Å². The van der Waals surface area contributed by atoms with E-state index < -0.39 is 24.2 Å². The van der Waals surface area contributed by atoms with Crippen LogP contribution in [0, 0.1) is 6.92 Å². The van der Waals surface area contributed by atoms with Crippen LogP contribution in [-0.2, 0) is 16.1 Å². The Kier molecular flexibility index (Phi) is 7.52. The van der Waals surface area contributed by atoms with Crippen LogP contribution in [0.4, 0.5) is 4.79 Å². The van der Waals surface area contributed by atoms with E-state index in [0.29, 0.717) is 0 Å². The molecule has 0 saturated carbocycles. The summed E-state index contributed by atoms with van der Waals surface area (Å²) in [6.07, 6.45) is 4.79. The van der Waals surface area contributed by atoms with Gasteiger partial charge in [0.05, 0.1) is 11.4 Å². The molecular weight excluding hydrogens is 518 g/mol. The van der Waals surface area contributed by atoms with Crippen molar-refractivity contribution in [2.45, 2.75) is 39.8 Å². The van der Waals surface area contributed by atoms with Crippen molar-refractivity contribution in [3.05, 3.63) is 90.5 Å². The molecule has 0 bridgehead atoms. The number of aromatic nitrogens is 4. The number of carbonyl (C=O) groups excluding carboxylic acids is 1. The molecule has 208 valence electrons. The molecule has 1 amide bonds. The van der Waals surface area contributed by atoms with E-state index in [4.69, 9.17) is 9.72 Å². The Hall–Kier alpha value is -5.05. The summed E-state index contributed by atoms with van der Waals surface area (Å²) in [6, 6.07) is 19.6. The van der Waals surface area contributed by atoms with Crippen LogP contribution in [0.3, 0.4) is 0 Å². The van der Waals surface area contributed by atoms with Crippen molar-refractivity contribution in [3.63, 3.8) is 0 Å². The number of amides is 1. The van der Waals surface area contributed by atoms with Crippen LogP contribution < -0.4 is 0 Å². The molecule has 0 fully saturated rings. The van der Waals surface area contributed by atoms with E-state index in [1.165, 1.54) is 4.90 Å². The van der Waals surface area contributed by atoms with Gasteiger partial charge in [-0.25, -0.2) is 9.78 Å². The van der Waals surface area contributed by atoms with Gasteiger partial charge in [-0.15, -0.1) is 0 Å². The highest BCUT2D eigenvalue weighted by atomic mass is 16.6. The molecule has 0 atom stereocenters. The Labute approximate surface area is 237 Å². The van der Waals surface area contributed by atoms with Crippen molar-refractivity contribution < 1.29 is 19.4 Å². The van der Waals surface area contributed by atoms with Gasteiger partial charge in [0, 0.05) is 47.3 Å². The molecule has 2 N–H and O–H groups in total. The number of hydrogen-bond donors (Lipinski definition) is 2. The zero-order valence-electron chi connectivity index (χ0n) is 23.4. The van der Waals surface area contributed by atoms with Crippen molar-refractivity contribution in [2.75, 3.05) is 6.54 Å². The zero-order chi connectivity index (χ0) is 29.1. The fourth-order valence-corrected chi connectivity index (χ4v) is 4.58. The molecule has 0 spiro atoms. The predicted octanol–water partition coefficient (Wildman–Crippen LogP) is 6.48. The molecule has 4 aromatic heterocycles. The second kappa shape index (κ2) is 11.2. The SMILES string of the molecule is Cc1cccc(-c2cc(-c3cncc(-c4cccc(CN(CC(=O)O)C(=O)OC(C)(C)C)c4)c3)c3cc[nH]c3n2)n1. The Bertz CT molecular complexity index is 1740. The van der Waals surface area contributed by atoms with Crippen molar-refractivity contribution in [2.24, 2.45) is 0 Å². The first-order valence-corrected chi connectivity index (χ1v) is 13.2. The molecule has 0 saturated heterocycles. The summed E-state index contributed by atoms with van der Waals surface area (Å²) >= 11 is 0. The van der Waals surface area contributed by atoms with E-state index >= 15 is 0 Å². The number of benzene rings is 1. The molecule has 0 unspecified atom stereocenters. The van der Waals surface area contributed by atoms with Gasteiger partial charge in [0.1, 0.15) is 17.8 Å². The fraction of sp³-hybridized carbons (Fsp3) is 0.219. The van der Waals surface area contributed by atoms with Gasteiger partial charge >= 0.3 is 12.1 Å². The van der Waals surface area contributed by atoms with Crippen molar-refractivity contribution >= 4 is 23.1 Å².